The first-order valence-electron chi connectivity index (χ1n) is 14.4. The van der Waals surface area contributed by atoms with E-state index in [2.05, 4.69) is 32.0 Å². The van der Waals surface area contributed by atoms with E-state index in [1.54, 1.807) is 23.3 Å². The summed E-state index contributed by atoms with van der Waals surface area (Å²) in [4.78, 5) is 27.4. The summed E-state index contributed by atoms with van der Waals surface area (Å²) in [7, 11) is 3.40. The Morgan fingerprint density at radius 3 is 2.50 bits per heavy atom. The number of hydrogen-bond donors (Lipinski definition) is 1. The number of rotatable bonds is 10. The predicted molar refractivity (Wildman–Crippen MR) is 158 cm³/mol. The molecule has 42 heavy (non-hydrogen) atoms. The predicted octanol–water partition coefficient (Wildman–Crippen LogP) is 2.34. The number of benzene rings is 1. The number of furan rings is 1. The molecule has 1 saturated carbocycles. The molecule has 5 aromatic rings. The lowest BCUT2D eigenvalue weighted by Gasteiger charge is -2.36. The van der Waals surface area contributed by atoms with Crippen LogP contribution in [0.25, 0.3) is 28.4 Å². The fourth-order valence-corrected chi connectivity index (χ4v) is 5.62. The van der Waals surface area contributed by atoms with Crippen molar-refractivity contribution in [3.05, 3.63) is 52.6 Å². The Morgan fingerprint density at radius 2 is 1.76 bits per heavy atom. The number of anilines is 2. The van der Waals surface area contributed by atoms with Gasteiger partial charge in [-0.1, -0.05) is 0 Å². The van der Waals surface area contributed by atoms with Gasteiger partial charge in [0.1, 0.15) is 23.6 Å². The molecule has 0 atom stereocenters. The number of aromatic nitrogens is 6. The van der Waals surface area contributed by atoms with Crippen LogP contribution >= 0.6 is 0 Å². The van der Waals surface area contributed by atoms with E-state index < -0.39 is 0 Å². The molecule has 1 saturated heterocycles. The van der Waals surface area contributed by atoms with Crippen LogP contribution in [0.4, 0.5) is 11.6 Å². The van der Waals surface area contributed by atoms with Crippen LogP contribution in [-0.4, -0.2) is 86.7 Å². The van der Waals surface area contributed by atoms with Gasteiger partial charge in [-0.05, 0) is 49.2 Å². The average Bonchev–Trinajstić information content (AvgIpc) is 3.47. The smallest absolute Gasteiger partial charge is 0.330 e. The summed E-state index contributed by atoms with van der Waals surface area (Å²) < 4.78 is 21.5. The van der Waals surface area contributed by atoms with Gasteiger partial charge in [0.05, 0.1) is 6.61 Å². The molecule has 2 N–H and O–H groups in total. The molecule has 0 spiro atoms. The average molecular weight is 574 g/mol. The first kappa shape index (κ1) is 26.5. The number of ether oxygens (including phenoxy) is 2. The van der Waals surface area contributed by atoms with E-state index in [1.807, 2.05) is 24.3 Å². The molecule has 2 fully saturated rings. The van der Waals surface area contributed by atoms with Gasteiger partial charge >= 0.3 is 5.69 Å². The molecule has 0 radical (unpaired) electrons. The van der Waals surface area contributed by atoms with Crippen LogP contribution in [0.3, 0.4) is 0 Å². The minimum absolute atomic E-state index is 0.157. The lowest BCUT2D eigenvalue weighted by molar-refractivity contribution is 0.146. The molecule has 4 aromatic heterocycles. The van der Waals surface area contributed by atoms with Gasteiger partial charge in [-0.2, -0.15) is 9.50 Å². The maximum absolute atomic E-state index is 13.4. The summed E-state index contributed by atoms with van der Waals surface area (Å²) in [5.74, 6) is 3.48. The number of nitrogen functional groups attached to an aromatic ring is 1. The molecule has 0 bridgehead atoms. The first-order chi connectivity index (χ1) is 20.5. The molecular weight excluding hydrogens is 538 g/mol. The number of imidazole rings is 1. The van der Waals surface area contributed by atoms with E-state index >= 15 is 0 Å². The molecule has 5 heterocycles. The summed E-state index contributed by atoms with van der Waals surface area (Å²) in [5.41, 5.74) is 8.93. The molecule has 220 valence electrons. The second-order valence-electron chi connectivity index (χ2n) is 10.9. The van der Waals surface area contributed by atoms with Gasteiger partial charge in [-0.25, -0.2) is 9.78 Å². The number of fused-ring (bicyclic) bond motifs is 3. The van der Waals surface area contributed by atoms with Crippen molar-refractivity contribution >= 4 is 28.4 Å². The van der Waals surface area contributed by atoms with Gasteiger partial charge in [0.15, 0.2) is 17.1 Å². The highest BCUT2D eigenvalue weighted by atomic mass is 16.5. The molecule has 1 aliphatic heterocycles. The van der Waals surface area contributed by atoms with Crippen LogP contribution < -0.4 is 21.1 Å². The summed E-state index contributed by atoms with van der Waals surface area (Å²) in [6.07, 6.45) is 2.29. The fourth-order valence-electron chi connectivity index (χ4n) is 5.62. The largest absolute Gasteiger partial charge is 0.491 e. The maximum atomic E-state index is 13.4. The molecule has 13 nitrogen and oxygen atoms in total. The topological polar surface area (TPSA) is 134 Å². The molecule has 7 rings (SSSR count). The number of nitrogens with zero attached hydrogens (tertiary/aromatic N) is 8. The SMILES string of the molecule is COCCOc1ccc(N2CCN(CCn3c(=O)n(C)c4c3nc(N)n3nc(-c5ccc(C6CC6)o5)nc43)CC2)cc1. The Labute approximate surface area is 242 Å². The Morgan fingerprint density at radius 1 is 0.976 bits per heavy atom. The van der Waals surface area contributed by atoms with E-state index in [0.29, 0.717) is 54.1 Å². The summed E-state index contributed by atoms with van der Waals surface area (Å²) in [6.45, 7) is 5.91. The maximum Gasteiger partial charge on any atom is 0.330 e. The molecule has 2 aliphatic rings. The second-order valence-corrected chi connectivity index (χ2v) is 10.9. The number of piperazine rings is 1. The zero-order chi connectivity index (χ0) is 28.8. The number of nitrogens with two attached hydrogens (primary N) is 1. The van der Waals surface area contributed by atoms with E-state index in [9.17, 15) is 4.79 Å². The van der Waals surface area contributed by atoms with E-state index in [1.165, 1.54) is 10.2 Å². The fraction of sp³-hybridized carbons (Fsp3) is 0.448. The molecule has 0 amide bonds. The minimum Gasteiger partial charge on any atom is -0.491 e. The van der Waals surface area contributed by atoms with Crippen molar-refractivity contribution in [2.24, 2.45) is 7.05 Å². The Balaban J connectivity index is 1.05. The molecular formula is C29H35N9O4. The van der Waals surface area contributed by atoms with Gasteiger partial charge in [-0.3, -0.25) is 14.0 Å². The lowest BCUT2D eigenvalue weighted by Crippen LogP contribution is -2.47. The summed E-state index contributed by atoms with van der Waals surface area (Å²) >= 11 is 0. The van der Waals surface area contributed by atoms with Gasteiger partial charge in [-0.15, -0.1) is 5.10 Å². The third-order valence-electron chi connectivity index (χ3n) is 8.17. The van der Waals surface area contributed by atoms with Crippen LogP contribution in [0.1, 0.15) is 24.5 Å². The quantitative estimate of drug-likeness (QED) is 0.248. The van der Waals surface area contributed by atoms with E-state index in [4.69, 9.17) is 24.6 Å². The number of hydrogen-bond acceptors (Lipinski definition) is 10. The molecule has 0 unspecified atom stereocenters. The third-order valence-corrected chi connectivity index (χ3v) is 8.17. The van der Waals surface area contributed by atoms with Crippen LogP contribution in [0.2, 0.25) is 0 Å². The van der Waals surface area contributed by atoms with E-state index in [-0.39, 0.29) is 11.6 Å². The van der Waals surface area contributed by atoms with Crippen molar-refractivity contribution < 1.29 is 13.9 Å². The van der Waals surface area contributed by atoms with Gasteiger partial charge < -0.3 is 24.5 Å². The highest BCUT2D eigenvalue weighted by Gasteiger charge is 2.28. The Hall–Kier alpha value is -4.36. The summed E-state index contributed by atoms with van der Waals surface area (Å²) in [5, 5.41) is 4.55. The molecule has 13 heteroatoms. The van der Waals surface area contributed by atoms with Crippen LogP contribution in [0.5, 0.6) is 5.75 Å². The van der Waals surface area contributed by atoms with Gasteiger partial charge in [0, 0.05) is 65.0 Å². The lowest BCUT2D eigenvalue weighted by atomic mass is 10.2. The van der Waals surface area contributed by atoms with Crippen molar-refractivity contribution in [2.45, 2.75) is 25.3 Å². The van der Waals surface area contributed by atoms with Gasteiger partial charge in [0.2, 0.25) is 11.8 Å². The third kappa shape index (κ3) is 4.88. The van der Waals surface area contributed by atoms with Crippen LogP contribution in [0, 0.1) is 0 Å². The normalized spacial score (nSPS) is 16.2. The molecule has 1 aliphatic carbocycles. The van der Waals surface area contributed by atoms with Gasteiger partial charge in [0.25, 0.3) is 0 Å². The van der Waals surface area contributed by atoms with Crippen molar-refractivity contribution in [1.29, 1.82) is 0 Å². The van der Waals surface area contributed by atoms with Crippen molar-refractivity contribution in [1.82, 2.24) is 33.6 Å². The highest BCUT2D eigenvalue weighted by Crippen LogP contribution is 2.41. The Kier molecular flexibility index (Phi) is 6.82. The zero-order valence-electron chi connectivity index (χ0n) is 23.9. The van der Waals surface area contributed by atoms with Crippen LogP contribution in [-0.2, 0) is 18.3 Å². The summed E-state index contributed by atoms with van der Waals surface area (Å²) in [6, 6.07) is 12.1. The number of methoxy groups -OCH3 is 1. The molecule has 1 aromatic carbocycles. The standard InChI is InChI=1S/C29H35N9O4/c1-34-24-26(32-28(30)38-27(24)31-25(33-38)23-10-9-22(42-23)19-3-4-19)37(29(34)39)16-13-35-11-14-36(15-12-35)20-5-7-21(8-6-20)41-18-17-40-2/h5-10,19H,3-4,11-18H2,1-2H3,(H2,30,32). The van der Waals surface area contributed by atoms with Crippen molar-refractivity contribution in [3.8, 4) is 17.3 Å². The minimum atomic E-state index is -0.157. The zero-order valence-corrected chi connectivity index (χ0v) is 23.9. The van der Waals surface area contributed by atoms with Crippen molar-refractivity contribution in [2.75, 3.05) is 63.7 Å². The second kappa shape index (κ2) is 10.8. The van der Waals surface area contributed by atoms with E-state index in [0.717, 1.165) is 57.1 Å². The monoisotopic (exact) mass is 573 g/mol. The Bertz CT molecular complexity index is 1770. The number of aryl methyl sites for hydroxylation is 1. The first-order valence-corrected chi connectivity index (χ1v) is 14.4. The highest BCUT2D eigenvalue weighted by molar-refractivity contribution is 5.88. The van der Waals surface area contributed by atoms with Crippen molar-refractivity contribution in [3.63, 3.8) is 0 Å². The van der Waals surface area contributed by atoms with Crippen LogP contribution in [0.15, 0.2) is 45.6 Å².